The van der Waals surface area contributed by atoms with Gasteiger partial charge in [0, 0.05) is 23.9 Å². The topological polar surface area (TPSA) is 61.4 Å². The second kappa shape index (κ2) is 24.3. The number of rotatable bonds is 8. The van der Waals surface area contributed by atoms with Crippen LogP contribution in [0.1, 0.15) is 142 Å². The number of carbonyl (C=O) groups is 1. The number of carboxylic acid groups (broad SMARTS) is 1. The summed E-state index contributed by atoms with van der Waals surface area (Å²) in [5.41, 5.74) is 4.25. The van der Waals surface area contributed by atoms with Gasteiger partial charge in [0.25, 0.3) is 0 Å². The lowest BCUT2D eigenvalue weighted by Gasteiger charge is -2.68. The van der Waals surface area contributed by atoms with Crippen LogP contribution in [0.25, 0.3) is 5.57 Å². The first-order valence-electron chi connectivity index (χ1n) is 20.4. The lowest BCUT2D eigenvalue weighted by Crippen LogP contribution is -2.63. The molecule has 55 heavy (non-hydrogen) atoms. The minimum Gasteiger partial charge on any atom is -0.478 e. The summed E-state index contributed by atoms with van der Waals surface area (Å²) in [7, 11) is 0. The van der Waals surface area contributed by atoms with Crippen molar-refractivity contribution in [3.05, 3.63) is 54.1 Å². The molecule has 3 N–H and O–H groups in total. The van der Waals surface area contributed by atoms with Crippen LogP contribution in [0.3, 0.4) is 0 Å². The molecule has 5 heteroatoms. The van der Waals surface area contributed by atoms with Crippen molar-refractivity contribution >= 4 is 23.5 Å². The molecule has 4 unspecified atom stereocenters. The molecule has 0 aromatic heterocycles. The summed E-state index contributed by atoms with van der Waals surface area (Å²) in [6.07, 6.45) is 50.0. The molecule has 0 saturated heterocycles. The summed E-state index contributed by atoms with van der Waals surface area (Å²) in [6.45, 7) is 26.3. The molecule has 8 atom stereocenters. The molecule has 0 bridgehead atoms. The van der Waals surface area contributed by atoms with Crippen LogP contribution in [0.4, 0.5) is 0 Å². The number of terminal acetylenes is 4. The van der Waals surface area contributed by atoms with E-state index in [-0.39, 0.29) is 5.41 Å². The van der Waals surface area contributed by atoms with Crippen molar-refractivity contribution in [3.8, 4) is 51.4 Å². The molecule has 304 valence electrons. The first-order chi connectivity index (χ1) is 26.3. The van der Waals surface area contributed by atoms with Crippen molar-refractivity contribution < 1.29 is 9.90 Å². The molecule has 5 aliphatic rings. The lowest BCUT2D eigenvalue weighted by molar-refractivity contribution is -0.172. The fourth-order valence-corrected chi connectivity index (χ4v) is 12.6. The third-order valence-corrected chi connectivity index (χ3v) is 14.4. The Morgan fingerprint density at radius 2 is 1.42 bits per heavy atom. The highest BCUT2D eigenvalue weighted by Gasteiger charge is 2.65. The molecular weight excluding hydrogens is 693 g/mol. The predicted octanol–water partition coefficient (Wildman–Crippen LogP) is 12.0. The van der Waals surface area contributed by atoms with E-state index in [1.54, 1.807) is 18.2 Å². The second-order valence-electron chi connectivity index (χ2n) is 16.5. The van der Waals surface area contributed by atoms with Crippen molar-refractivity contribution in [2.75, 3.05) is 13.1 Å². The van der Waals surface area contributed by atoms with Gasteiger partial charge >= 0.3 is 5.97 Å². The van der Waals surface area contributed by atoms with Crippen LogP contribution in [0.2, 0.25) is 0 Å². The molecule has 5 aliphatic carbocycles. The Labute approximate surface area is 343 Å². The van der Waals surface area contributed by atoms with E-state index in [2.05, 4.69) is 116 Å². The fourth-order valence-electron chi connectivity index (χ4n) is 12.0. The summed E-state index contributed by atoms with van der Waals surface area (Å²) in [6, 6.07) is 7.65. The van der Waals surface area contributed by atoms with E-state index in [0.29, 0.717) is 33.1 Å². The zero-order valence-corrected chi connectivity index (χ0v) is 36.8. The Balaban J connectivity index is 0.00000202. The fraction of sp³-hybridized carbons (Fsp3) is 0.620. The van der Waals surface area contributed by atoms with Crippen molar-refractivity contribution in [1.82, 2.24) is 10.0 Å². The third-order valence-electron chi connectivity index (χ3n) is 13.6. The van der Waals surface area contributed by atoms with Gasteiger partial charge in [0.15, 0.2) is 0 Å². The number of fused-ring (bicyclic) bond motifs is 7. The highest BCUT2D eigenvalue weighted by molar-refractivity contribution is 7.97. The summed E-state index contributed by atoms with van der Waals surface area (Å²) in [5, 5.41) is 14.2. The van der Waals surface area contributed by atoms with E-state index < -0.39 is 5.97 Å². The number of nitrogens with one attached hydrogen (secondary N) is 2. The Kier molecular flexibility index (Phi) is 22.9. The molecular formula is C50H76N2O2S. The maximum atomic E-state index is 11.5. The van der Waals surface area contributed by atoms with E-state index in [4.69, 9.17) is 0 Å². The minimum absolute atomic E-state index is 0.0783. The van der Waals surface area contributed by atoms with Crippen LogP contribution < -0.4 is 10.0 Å². The lowest BCUT2D eigenvalue weighted by atomic mass is 9.37. The molecule has 0 heterocycles. The van der Waals surface area contributed by atoms with Gasteiger partial charge in [0.2, 0.25) is 0 Å². The zero-order valence-electron chi connectivity index (χ0n) is 36.0. The summed E-state index contributed by atoms with van der Waals surface area (Å²) in [5.74, 6) is 3.23. The number of benzene rings is 1. The number of allylic oxidation sites excluding steroid dienone is 3. The monoisotopic (exact) mass is 769 g/mol. The van der Waals surface area contributed by atoms with E-state index in [1.807, 2.05) is 44.9 Å². The highest BCUT2D eigenvalue weighted by Crippen LogP contribution is 2.72. The van der Waals surface area contributed by atoms with E-state index in [1.165, 1.54) is 68.9 Å². The Morgan fingerprint density at radius 1 is 0.836 bits per heavy atom. The first kappa shape index (κ1) is 51.7. The van der Waals surface area contributed by atoms with E-state index in [0.717, 1.165) is 43.2 Å². The van der Waals surface area contributed by atoms with Crippen molar-refractivity contribution in [2.24, 2.45) is 45.8 Å². The van der Waals surface area contributed by atoms with Gasteiger partial charge in [-0.15, -0.1) is 58.0 Å². The summed E-state index contributed by atoms with van der Waals surface area (Å²) >= 11 is 1.86. The van der Waals surface area contributed by atoms with E-state index in [9.17, 15) is 9.90 Å². The number of carboxylic acids is 1. The van der Waals surface area contributed by atoms with E-state index >= 15 is 0 Å². The average Bonchev–Trinajstić information content (AvgIpc) is 3.63. The van der Waals surface area contributed by atoms with Crippen LogP contribution >= 0.6 is 11.9 Å². The predicted molar refractivity (Wildman–Crippen MR) is 243 cm³/mol. The molecule has 6 rings (SSSR count). The minimum atomic E-state index is -0.848. The average molecular weight is 769 g/mol. The molecule has 0 aliphatic heterocycles. The molecule has 4 nitrogen and oxygen atoms in total. The zero-order chi connectivity index (χ0) is 42.6. The molecule has 0 amide bonds. The van der Waals surface area contributed by atoms with Gasteiger partial charge < -0.3 is 10.4 Å². The van der Waals surface area contributed by atoms with Crippen molar-refractivity contribution in [1.29, 1.82) is 0 Å². The maximum Gasteiger partial charge on any atom is 0.335 e. The Hall–Kier alpha value is -3.32. The van der Waals surface area contributed by atoms with Crippen molar-refractivity contribution in [2.45, 2.75) is 137 Å². The van der Waals surface area contributed by atoms with Crippen LogP contribution in [0, 0.1) is 97.2 Å². The maximum absolute atomic E-state index is 11.5. The second-order valence-corrected chi connectivity index (χ2v) is 18.0. The van der Waals surface area contributed by atoms with Crippen LogP contribution in [0.5, 0.6) is 0 Å². The Morgan fingerprint density at radius 3 is 1.96 bits per heavy atom. The molecule has 0 spiro atoms. The molecule has 4 fully saturated rings. The number of aromatic carboxylic acids is 1. The smallest absolute Gasteiger partial charge is 0.335 e. The summed E-state index contributed by atoms with van der Waals surface area (Å²) in [4.78, 5) is 11.5. The highest BCUT2D eigenvalue weighted by atomic mass is 32.2. The van der Waals surface area contributed by atoms with Gasteiger partial charge in [0.05, 0.1) is 5.56 Å². The van der Waals surface area contributed by atoms with Gasteiger partial charge in [-0.05, 0) is 134 Å². The SMILES string of the molecule is C#C.C#C.C#C.C#C.C=CC.CC.CC(C)SNCCN[C@]12CCCC1[C@H]1CCC3[C@@](C)(CCC4C(C)(C)C(c5ccc(C(=O)O)cc5)=CC[C@@]43C)C1CC2. The van der Waals surface area contributed by atoms with Gasteiger partial charge in [-0.3, -0.25) is 4.72 Å². The number of hydrogen-bond acceptors (Lipinski definition) is 4. The Bertz CT molecular complexity index is 1390. The van der Waals surface area contributed by atoms with Gasteiger partial charge in [0.1, 0.15) is 0 Å². The van der Waals surface area contributed by atoms with Crippen LogP contribution in [0.15, 0.2) is 43.0 Å². The van der Waals surface area contributed by atoms with Gasteiger partial charge in [-0.2, -0.15) is 0 Å². The third kappa shape index (κ3) is 11.2. The quantitative estimate of drug-likeness (QED) is 0.106. The van der Waals surface area contributed by atoms with Gasteiger partial charge in [-0.25, -0.2) is 4.79 Å². The standard InChI is InChI=1S/C37H56N2O2S.C3H6.C2H6.4C2H2/c1-24(2)42-39-23-22-38-37-18-7-8-30(37)27-13-14-32-35(5,29(27)16-21-37)20-17-31-34(3,4)28(15-19-36(31,32)6)25-9-11-26(12-10-25)33(40)41;1-3-2;5*1-2/h9-12,15,24,27,29-32,38-39H,7-8,13-14,16-23H2,1-6H3,(H,40,41);3H,1H2,2H3;1-2H3;4*1-2H/t27-,29?,30?,31?,32?,35-,36-,37-;;;;;;/m0....../s1. The molecule has 0 radical (unpaired) electrons. The summed E-state index contributed by atoms with van der Waals surface area (Å²) < 4.78 is 3.58. The molecule has 1 aromatic rings. The largest absolute Gasteiger partial charge is 0.478 e. The molecule has 4 saturated carbocycles. The number of hydrogen-bond donors (Lipinski definition) is 3. The van der Waals surface area contributed by atoms with Gasteiger partial charge in [-0.1, -0.05) is 98.0 Å². The van der Waals surface area contributed by atoms with Crippen LogP contribution in [-0.2, 0) is 0 Å². The molecule has 1 aromatic carbocycles. The first-order valence-corrected chi connectivity index (χ1v) is 21.3. The van der Waals surface area contributed by atoms with Crippen molar-refractivity contribution in [3.63, 3.8) is 0 Å². The normalized spacial score (nSPS) is 31.4. The van der Waals surface area contributed by atoms with Crippen LogP contribution in [-0.4, -0.2) is 35.0 Å².